The first-order valence-electron chi connectivity index (χ1n) is 10.3. The highest BCUT2D eigenvalue weighted by Gasteiger charge is 2.24. The van der Waals surface area contributed by atoms with Gasteiger partial charge >= 0.3 is 11.9 Å². The van der Waals surface area contributed by atoms with Gasteiger partial charge in [0.1, 0.15) is 0 Å². The van der Waals surface area contributed by atoms with Crippen LogP contribution in [0.2, 0.25) is 0 Å². The first kappa shape index (κ1) is 22.3. The summed E-state index contributed by atoms with van der Waals surface area (Å²) < 4.78 is 10.2. The Morgan fingerprint density at radius 1 is 1.03 bits per heavy atom. The Bertz CT molecular complexity index is 1010. The van der Waals surface area contributed by atoms with Crippen LogP contribution in [-0.2, 0) is 14.3 Å². The van der Waals surface area contributed by atoms with Gasteiger partial charge in [0.15, 0.2) is 6.61 Å². The highest BCUT2D eigenvalue weighted by Crippen LogP contribution is 2.22. The number of nitrogens with zero attached hydrogens (tertiary/aromatic N) is 1. The van der Waals surface area contributed by atoms with E-state index in [0.717, 1.165) is 18.5 Å². The van der Waals surface area contributed by atoms with Crippen LogP contribution in [-0.4, -0.2) is 48.4 Å². The smallest absolute Gasteiger partial charge is 0.340 e. The molecule has 1 N–H and O–H groups in total. The molecule has 8 nitrogen and oxygen atoms in total. The van der Waals surface area contributed by atoms with E-state index in [4.69, 9.17) is 9.47 Å². The van der Waals surface area contributed by atoms with E-state index in [9.17, 15) is 19.2 Å². The quantitative estimate of drug-likeness (QED) is 0.538. The molecule has 0 unspecified atom stereocenters. The van der Waals surface area contributed by atoms with Crippen molar-refractivity contribution in [1.29, 1.82) is 0 Å². The van der Waals surface area contributed by atoms with Crippen LogP contribution in [0.15, 0.2) is 24.3 Å². The highest BCUT2D eigenvalue weighted by atomic mass is 16.5. The standard InChI is InChI=1S/C23H26N2O6/c1-4-30-23(29)20-14(2)21(24-15(20)3)18(26)13-31-22(28)16-8-10-17(11-9-16)25-12-6-5-7-19(25)27/h8-11,24H,4-7,12-13H2,1-3H3. The summed E-state index contributed by atoms with van der Waals surface area (Å²) in [6.07, 6.45) is 2.38. The fourth-order valence-electron chi connectivity index (χ4n) is 3.68. The Kier molecular flexibility index (Phi) is 6.89. The molecule has 0 aliphatic carbocycles. The second-order valence-electron chi connectivity index (χ2n) is 7.39. The van der Waals surface area contributed by atoms with Gasteiger partial charge in [0.05, 0.1) is 23.4 Å². The summed E-state index contributed by atoms with van der Waals surface area (Å²) >= 11 is 0. The summed E-state index contributed by atoms with van der Waals surface area (Å²) in [4.78, 5) is 53.6. The molecule has 0 radical (unpaired) electrons. The second-order valence-corrected chi connectivity index (χ2v) is 7.39. The Hall–Kier alpha value is -3.42. The van der Waals surface area contributed by atoms with Crippen molar-refractivity contribution in [3.8, 4) is 0 Å². The van der Waals surface area contributed by atoms with Crippen LogP contribution in [0, 0.1) is 13.8 Å². The number of carbonyl (C=O) groups is 4. The minimum absolute atomic E-state index is 0.0750. The molecule has 1 aliphatic rings. The van der Waals surface area contributed by atoms with Crippen LogP contribution in [0.1, 0.15) is 68.6 Å². The molecule has 0 atom stereocenters. The van der Waals surface area contributed by atoms with Gasteiger partial charge in [-0.2, -0.15) is 0 Å². The number of aromatic nitrogens is 1. The number of benzene rings is 1. The molecule has 1 amide bonds. The SMILES string of the molecule is CCOC(=O)c1c(C)[nH]c(C(=O)COC(=O)c2ccc(N3CCCCC3=O)cc2)c1C. The summed E-state index contributed by atoms with van der Waals surface area (Å²) in [6.45, 7) is 5.46. The molecule has 2 heterocycles. The molecule has 3 rings (SSSR count). The largest absolute Gasteiger partial charge is 0.462 e. The van der Waals surface area contributed by atoms with Crippen molar-refractivity contribution >= 4 is 29.3 Å². The monoisotopic (exact) mass is 426 g/mol. The van der Waals surface area contributed by atoms with Gasteiger partial charge in [0, 0.05) is 24.3 Å². The Balaban J connectivity index is 1.63. The molecule has 1 aromatic carbocycles. The summed E-state index contributed by atoms with van der Waals surface area (Å²) in [5, 5.41) is 0. The lowest BCUT2D eigenvalue weighted by atomic mass is 10.1. The average molecular weight is 426 g/mol. The molecule has 8 heteroatoms. The van der Waals surface area contributed by atoms with Crippen LogP contribution in [0.25, 0.3) is 0 Å². The number of rotatable bonds is 7. The maximum absolute atomic E-state index is 12.5. The zero-order chi connectivity index (χ0) is 22.5. The zero-order valence-corrected chi connectivity index (χ0v) is 17.9. The third kappa shape index (κ3) is 4.84. The summed E-state index contributed by atoms with van der Waals surface area (Å²) in [7, 11) is 0. The van der Waals surface area contributed by atoms with Gasteiger partial charge in [0.25, 0.3) is 0 Å². The van der Waals surface area contributed by atoms with Gasteiger partial charge in [-0.25, -0.2) is 9.59 Å². The first-order chi connectivity index (χ1) is 14.8. The predicted molar refractivity (Wildman–Crippen MR) is 113 cm³/mol. The number of nitrogens with one attached hydrogen (secondary N) is 1. The van der Waals surface area contributed by atoms with Gasteiger partial charge < -0.3 is 19.4 Å². The summed E-state index contributed by atoms with van der Waals surface area (Å²) in [6, 6.07) is 6.55. The van der Waals surface area contributed by atoms with Crippen molar-refractivity contribution < 1.29 is 28.7 Å². The molecular formula is C23H26N2O6. The van der Waals surface area contributed by atoms with E-state index in [1.54, 1.807) is 49.9 Å². The number of ketones is 1. The average Bonchev–Trinajstić information content (AvgIpc) is 3.06. The molecule has 1 saturated heterocycles. The van der Waals surface area contributed by atoms with Crippen molar-refractivity contribution in [3.05, 3.63) is 52.3 Å². The zero-order valence-electron chi connectivity index (χ0n) is 17.9. The molecule has 2 aromatic rings. The number of ether oxygens (including phenoxy) is 2. The number of hydrogen-bond acceptors (Lipinski definition) is 6. The van der Waals surface area contributed by atoms with Crippen molar-refractivity contribution in [2.45, 2.75) is 40.0 Å². The van der Waals surface area contributed by atoms with Gasteiger partial charge in [-0.05, 0) is 63.4 Å². The number of H-pyrrole nitrogens is 1. The third-order valence-electron chi connectivity index (χ3n) is 5.27. The van der Waals surface area contributed by atoms with Gasteiger partial charge in [-0.1, -0.05) is 0 Å². The minimum atomic E-state index is -0.642. The summed E-state index contributed by atoms with van der Waals surface area (Å²) in [5.74, 6) is -1.51. The van der Waals surface area contributed by atoms with Crippen LogP contribution in [0.4, 0.5) is 5.69 Å². The second kappa shape index (κ2) is 9.59. The minimum Gasteiger partial charge on any atom is -0.462 e. The van der Waals surface area contributed by atoms with Crippen LogP contribution >= 0.6 is 0 Å². The van der Waals surface area contributed by atoms with Crippen LogP contribution in [0.5, 0.6) is 0 Å². The normalized spacial score (nSPS) is 13.8. The number of aromatic amines is 1. The number of piperidine rings is 1. The fourth-order valence-corrected chi connectivity index (χ4v) is 3.68. The van der Waals surface area contributed by atoms with E-state index in [-0.39, 0.29) is 23.8 Å². The number of carbonyl (C=O) groups excluding carboxylic acids is 4. The maximum Gasteiger partial charge on any atom is 0.340 e. The number of aryl methyl sites for hydroxylation is 1. The number of anilines is 1. The van der Waals surface area contributed by atoms with Crippen molar-refractivity contribution in [2.24, 2.45) is 0 Å². The molecule has 1 aliphatic heterocycles. The van der Waals surface area contributed by atoms with Gasteiger partial charge in [-0.3, -0.25) is 9.59 Å². The lowest BCUT2D eigenvalue weighted by Gasteiger charge is -2.26. The molecule has 164 valence electrons. The van der Waals surface area contributed by atoms with Gasteiger partial charge in [0.2, 0.25) is 11.7 Å². The molecule has 0 spiro atoms. The van der Waals surface area contributed by atoms with Crippen molar-refractivity contribution in [1.82, 2.24) is 4.98 Å². The van der Waals surface area contributed by atoms with Crippen LogP contribution in [0.3, 0.4) is 0 Å². The fraction of sp³-hybridized carbons (Fsp3) is 0.391. The number of esters is 2. The van der Waals surface area contributed by atoms with Gasteiger partial charge in [-0.15, -0.1) is 0 Å². The van der Waals surface area contributed by atoms with E-state index in [0.29, 0.717) is 29.8 Å². The maximum atomic E-state index is 12.5. The topological polar surface area (TPSA) is 106 Å². The van der Waals surface area contributed by atoms with E-state index in [2.05, 4.69) is 4.98 Å². The third-order valence-corrected chi connectivity index (χ3v) is 5.27. The van der Waals surface area contributed by atoms with E-state index in [1.807, 2.05) is 0 Å². The molecule has 1 fully saturated rings. The first-order valence-corrected chi connectivity index (χ1v) is 10.3. The number of Topliss-reactive ketones (excluding diaryl/α,β-unsaturated/α-hetero) is 1. The molecule has 0 saturated carbocycles. The van der Waals surface area contributed by atoms with Crippen molar-refractivity contribution in [3.63, 3.8) is 0 Å². The highest BCUT2D eigenvalue weighted by molar-refractivity contribution is 6.03. The van der Waals surface area contributed by atoms with E-state index < -0.39 is 24.3 Å². The van der Waals surface area contributed by atoms with Crippen LogP contribution < -0.4 is 4.90 Å². The Morgan fingerprint density at radius 3 is 2.39 bits per heavy atom. The van der Waals surface area contributed by atoms with E-state index in [1.165, 1.54) is 0 Å². The molecule has 31 heavy (non-hydrogen) atoms. The predicted octanol–water partition coefficient (Wildman–Crippen LogP) is 3.36. The molecule has 1 aromatic heterocycles. The van der Waals surface area contributed by atoms with Crippen molar-refractivity contribution in [2.75, 3.05) is 24.7 Å². The lowest BCUT2D eigenvalue weighted by molar-refractivity contribution is -0.119. The molecular weight excluding hydrogens is 400 g/mol. The molecule has 0 bridgehead atoms. The Morgan fingerprint density at radius 2 is 1.74 bits per heavy atom. The Labute approximate surface area is 180 Å². The number of amides is 1. The summed E-state index contributed by atoms with van der Waals surface area (Å²) in [5.41, 5.74) is 2.54. The number of hydrogen-bond donors (Lipinski definition) is 1. The van der Waals surface area contributed by atoms with E-state index >= 15 is 0 Å². The lowest BCUT2D eigenvalue weighted by Crippen LogP contribution is -2.35.